The predicted molar refractivity (Wildman–Crippen MR) is 58.8 cm³/mol. The topological polar surface area (TPSA) is 80.9 Å². The largest absolute Gasteiger partial charge is 0.368 e. The van der Waals surface area contributed by atoms with Crippen molar-refractivity contribution in [2.45, 2.75) is 13.3 Å². The fourth-order valence-corrected chi connectivity index (χ4v) is 0.985. The standard InChI is InChI=1S/C10H14N4O/c1-8(15)12-5-3-2-4-9-6-13-10(11)14-7-9/h2,4,6-7H,3,5H2,1H3,(H,12,15)(H2,11,13,14). The Bertz CT molecular complexity index is 345. The molecule has 5 nitrogen and oxygen atoms in total. The zero-order chi connectivity index (χ0) is 11.1. The number of aromatic nitrogens is 2. The van der Waals surface area contributed by atoms with Gasteiger partial charge in [-0.25, -0.2) is 9.97 Å². The smallest absolute Gasteiger partial charge is 0.219 e. The zero-order valence-corrected chi connectivity index (χ0v) is 8.60. The van der Waals surface area contributed by atoms with Crippen molar-refractivity contribution >= 4 is 17.9 Å². The van der Waals surface area contributed by atoms with Crippen LogP contribution < -0.4 is 11.1 Å². The van der Waals surface area contributed by atoms with Crippen LogP contribution in [0.2, 0.25) is 0 Å². The summed E-state index contributed by atoms with van der Waals surface area (Å²) in [5.41, 5.74) is 6.24. The molecule has 3 N–H and O–H groups in total. The summed E-state index contributed by atoms with van der Waals surface area (Å²) in [6.45, 7) is 2.14. The van der Waals surface area contributed by atoms with Gasteiger partial charge < -0.3 is 11.1 Å². The molecule has 80 valence electrons. The zero-order valence-electron chi connectivity index (χ0n) is 8.60. The van der Waals surface area contributed by atoms with Gasteiger partial charge in [0.05, 0.1) is 0 Å². The lowest BCUT2D eigenvalue weighted by molar-refractivity contribution is -0.118. The molecule has 1 heterocycles. The van der Waals surface area contributed by atoms with E-state index in [1.165, 1.54) is 6.92 Å². The summed E-state index contributed by atoms with van der Waals surface area (Å²) in [5, 5.41) is 2.70. The third-order valence-electron chi connectivity index (χ3n) is 1.69. The van der Waals surface area contributed by atoms with Crippen LogP contribution >= 0.6 is 0 Å². The summed E-state index contributed by atoms with van der Waals surface area (Å²) in [4.78, 5) is 18.2. The van der Waals surface area contributed by atoms with Gasteiger partial charge in [0.2, 0.25) is 11.9 Å². The Labute approximate surface area is 88.4 Å². The van der Waals surface area contributed by atoms with E-state index < -0.39 is 0 Å². The first-order chi connectivity index (χ1) is 7.18. The molecule has 1 aromatic heterocycles. The number of nitrogens with one attached hydrogen (secondary N) is 1. The Morgan fingerprint density at radius 3 is 2.80 bits per heavy atom. The second kappa shape index (κ2) is 5.74. The van der Waals surface area contributed by atoms with Gasteiger partial charge in [-0.15, -0.1) is 0 Å². The lowest BCUT2D eigenvalue weighted by atomic mass is 10.3. The average Bonchev–Trinajstić information content (AvgIpc) is 2.20. The van der Waals surface area contributed by atoms with E-state index in [0.29, 0.717) is 6.54 Å². The molecule has 0 saturated carbocycles. The van der Waals surface area contributed by atoms with Gasteiger partial charge in [0.15, 0.2) is 0 Å². The molecule has 5 heteroatoms. The molecule has 15 heavy (non-hydrogen) atoms. The van der Waals surface area contributed by atoms with E-state index in [2.05, 4.69) is 15.3 Å². The maximum atomic E-state index is 10.5. The molecule has 0 aromatic carbocycles. The molecule has 0 fully saturated rings. The molecule has 0 unspecified atom stereocenters. The number of carbonyl (C=O) groups is 1. The molecular formula is C10H14N4O. The summed E-state index contributed by atoms with van der Waals surface area (Å²) in [7, 11) is 0. The van der Waals surface area contributed by atoms with E-state index in [1.54, 1.807) is 12.4 Å². The van der Waals surface area contributed by atoms with Gasteiger partial charge >= 0.3 is 0 Å². The lowest BCUT2D eigenvalue weighted by Gasteiger charge is -1.97. The third kappa shape index (κ3) is 4.75. The van der Waals surface area contributed by atoms with E-state index in [0.717, 1.165) is 12.0 Å². The van der Waals surface area contributed by atoms with Crippen molar-refractivity contribution in [2.75, 3.05) is 12.3 Å². The summed E-state index contributed by atoms with van der Waals surface area (Å²) >= 11 is 0. The highest BCUT2D eigenvalue weighted by Gasteiger charge is 1.89. The van der Waals surface area contributed by atoms with Gasteiger partial charge in [0.25, 0.3) is 0 Å². The highest BCUT2D eigenvalue weighted by Crippen LogP contribution is 2.00. The fraction of sp³-hybridized carbons (Fsp3) is 0.300. The average molecular weight is 206 g/mol. The number of carbonyl (C=O) groups excluding carboxylic acids is 1. The molecule has 0 aliphatic carbocycles. The van der Waals surface area contributed by atoms with E-state index in [9.17, 15) is 4.79 Å². The van der Waals surface area contributed by atoms with Crippen LogP contribution in [-0.4, -0.2) is 22.4 Å². The van der Waals surface area contributed by atoms with Crippen LogP contribution in [0.25, 0.3) is 6.08 Å². The number of anilines is 1. The van der Waals surface area contributed by atoms with Crippen LogP contribution in [0.5, 0.6) is 0 Å². The van der Waals surface area contributed by atoms with Crippen molar-refractivity contribution in [3.63, 3.8) is 0 Å². The third-order valence-corrected chi connectivity index (χ3v) is 1.69. The van der Waals surface area contributed by atoms with Gasteiger partial charge in [-0.3, -0.25) is 4.79 Å². The first-order valence-electron chi connectivity index (χ1n) is 4.67. The van der Waals surface area contributed by atoms with Crippen LogP contribution in [0.3, 0.4) is 0 Å². The lowest BCUT2D eigenvalue weighted by Crippen LogP contribution is -2.20. The van der Waals surface area contributed by atoms with Crippen LogP contribution in [-0.2, 0) is 4.79 Å². The van der Waals surface area contributed by atoms with Crippen LogP contribution in [0.15, 0.2) is 18.5 Å². The van der Waals surface area contributed by atoms with Gasteiger partial charge in [0, 0.05) is 31.4 Å². The van der Waals surface area contributed by atoms with Gasteiger partial charge in [-0.1, -0.05) is 12.2 Å². The molecule has 0 spiro atoms. The molecule has 1 rings (SSSR count). The van der Waals surface area contributed by atoms with E-state index >= 15 is 0 Å². The number of nitrogen functional groups attached to an aromatic ring is 1. The van der Waals surface area contributed by atoms with Crippen LogP contribution in [0.1, 0.15) is 18.9 Å². The number of hydrogen-bond acceptors (Lipinski definition) is 4. The molecule has 0 atom stereocenters. The van der Waals surface area contributed by atoms with E-state index in [4.69, 9.17) is 5.73 Å². The number of hydrogen-bond donors (Lipinski definition) is 2. The van der Waals surface area contributed by atoms with Crippen molar-refractivity contribution in [2.24, 2.45) is 0 Å². The number of nitrogens with two attached hydrogens (primary N) is 1. The van der Waals surface area contributed by atoms with Crippen molar-refractivity contribution in [1.82, 2.24) is 15.3 Å². The Kier molecular flexibility index (Phi) is 4.28. The van der Waals surface area contributed by atoms with Crippen molar-refractivity contribution < 1.29 is 4.79 Å². The quantitative estimate of drug-likeness (QED) is 0.707. The molecule has 0 aliphatic rings. The number of amides is 1. The Morgan fingerprint density at radius 2 is 2.20 bits per heavy atom. The monoisotopic (exact) mass is 206 g/mol. The minimum atomic E-state index is -0.0146. The minimum absolute atomic E-state index is 0.0146. The molecule has 0 saturated heterocycles. The predicted octanol–water partition coefficient (Wildman–Crippen LogP) is 0.598. The van der Waals surface area contributed by atoms with Crippen molar-refractivity contribution in [3.8, 4) is 0 Å². The molecule has 0 radical (unpaired) electrons. The summed E-state index contributed by atoms with van der Waals surface area (Å²) in [5.74, 6) is 0.254. The van der Waals surface area contributed by atoms with Crippen molar-refractivity contribution in [3.05, 3.63) is 24.0 Å². The molecule has 1 aromatic rings. The van der Waals surface area contributed by atoms with Gasteiger partial charge in [0.1, 0.15) is 0 Å². The Balaban J connectivity index is 2.32. The number of rotatable bonds is 4. The maximum Gasteiger partial charge on any atom is 0.219 e. The van der Waals surface area contributed by atoms with Gasteiger partial charge in [-0.05, 0) is 6.42 Å². The van der Waals surface area contributed by atoms with E-state index in [-0.39, 0.29) is 11.9 Å². The number of nitrogens with zero attached hydrogens (tertiary/aromatic N) is 2. The molecular weight excluding hydrogens is 192 g/mol. The second-order valence-corrected chi connectivity index (χ2v) is 3.05. The molecule has 0 aliphatic heterocycles. The second-order valence-electron chi connectivity index (χ2n) is 3.05. The minimum Gasteiger partial charge on any atom is -0.368 e. The SMILES string of the molecule is CC(=O)NCCC=Cc1cnc(N)nc1. The van der Waals surface area contributed by atoms with Crippen LogP contribution in [0.4, 0.5) is 5.95 Å². The first-order valence-corrected chi connectivity index (χ1v) is 4.67. The highest BCUT2D eigenvalue weighted by molar-refractivity contribution is 5.72. The maximum absolute atomic E-state index is 10.5. The molecule has 1 amide bonds. The molecule has 0 bridgehead atoms. The Morgan fingerprint density at radius 1 is 1.53 bits per heavy atom. The van der Waals surface area contributed by atoms with Gasteiger partial charge in [-0.2, -0.15) is 0 Å². The highest BCUT2D eigenvalue weighted by atomic mass is 16.1. The van der Waals surface area contributed by atoms with E-state index in [1.807, 2.05) is 12.2 Å². The summed E-state index contributed by atoms with van der Waals surface area (Å²) in [6.07, 6.45) is 7.92. The summed E-state index contributed by atoms with van der Waals surface area (Å²) in [6, 6.07) is 0. The Hall–Kier alpha value is -1.91. The fourth-order valence-electron chi connectivity index (χ4n) is 0.985. The van der Waals surface area contributed by atoms with Crippen LogP contribution in [0, 0.1) is 0 Å². The van der Waals surface area contributed by atoms with Crippen molar-refractivity contribution in [1.29, 1.82) is 0 Å². The first kappa shape index (κ1) is 11.2. The normalized spacial score (nSPS) is 10.5. The summed E-state index contributed by atoms with van der Waals surface area (Å²) < 4.78 is 0.